The van der Waals surface area contributed by atoms with Crippen LogP contribution in [0.1, 0.15) is 16.8 Å². The average molecular weight is 287 g/mol. The molecule has 0 bridgehead atoms. The van der Waals surface area contributed by atoms with Crippen LogP contribution in [0.4, 0.5) is 0 Å². The van der Waals surface area contributed by atoms with E-state index < -0.39 is 5.97 Å². The topological polar surface area (TPSA) is 66.8 Å². The van der Waals surface area contributed by atoms with E-state index in [9.17, 15) is 14.7 Å². The molecular formula is C16H17NO4. The van der Waals surface area contributed by atoms with Crippen LogP contribution in [-0.4, -0.2) is 42.6 Å². The van der Waals surface area contributed by atoms with Gasteiger partial charge in [0.2, 0.25) is 5.91 Å². The number of ether oxygens (including phenoxy) is 1. The molecule has 0 aromatic heterocycles. The minimum atomic E-state index is -1.04. The van der Waals surface area contributed by atoms with Crippen LogP contribution in [0.15, 0.2) is 36.4 Å². The largest absolute Gasteiger partial charge is 0.492 e. The zero-order valence-corrected chi connectivity index (χ0v) is 12.0. The average Bonchev–Trinajstić information content (AvgIpc) is 2.46. The summed E-state index contributed by atoms with van der Waals surface area (Å²) < 4.78 is 5.50. The highest BCUT2D eigenvalue weighted by molar-refractivity contribution is 6.06. The molecule has 21 heavy (non-hydrogen) atoms. The molecule has 1 amide bonds. The van der Waals surface area contributed by atoms with Crippen molar-refractivity contribution in [1.29, 1.82) is 0 Å². The van der Waals surface area contributed by atoms with Gasteiger partial charge < -0.3 is 14.7 Å². The molecular weight excluding hydrogens is 270 g/mol. The molecule has 2 aromatic carbocycles. The summed E-state index contributed by atoms with van der Waals surface area (Å²) in [6.07, 6.45) is 0.207. The number of amides is 1. The maximum absolute atomic E-state index is 11.5. The number of carboxylic acid groups (broad SMARTS) is 1. The van der Waals surface area contributed by atoms with Gasteiger partial charge in [-0.15, -0.1) is 0 Å². The Morgan fingerprint density at radius 3 is 2.52 bits per heavy atom. The van der Waals surface area contributed by atoms with Crippen LogP contribution in [0.2, 0.25) is 0 Å². The molecule has 110 valence electrons. The van der Waals surface area contributed by atoms with Crippen LogP contribution in [-0.2, 0) is 4.79 Å². The van der Waals surface area contributed by atoms with Gasteiger partial charge in [0.15, 0.2) is 0 Å². The SMILES string of the molecule is CN(C)C(=O)CCOc1ccc2ccccc2c1C(=O)O. The molecule has 0 spiro atoms. The van der Waals surface area contributed by atoms with Crippen molar-refractivity contribution in [2.45, 2.75) is 6.42 Å². The maximum atomic E-state index is 11.5. The molecule has 0 heterocycles. The normalized spacial score (nSPS) is 10.4. The van der Waals surface area contributed by atoms with Gasteiger partial charge in [-0.1, -0.05) is 30.3 Å². The van der Waals surface area contributed by atoms with Crippen molar-refractivity contribution in [3.05, 3.63) is 42.0 Å². The van der Waals surface area contributed by atoms with E-state index in [1.165, 1.54) is 4.90 Å². The van der Waals surface area contributed by atoms with Crippen LogP contribution in [0.25, 0.3) is 10.8 Å². The molecule has 2 aromatic rings. The lowest BCUT2D eigenvalue weighted by Gasteiger charge is -2.13. The van der Waals surface area contributed by atoms with E-state index in [-0.39, 0.29) is 30.2 Å². The van der Waals surface area contributed by atoms with Gasteiger partial charge in [-0.3, -0.25) is 4.79 Å². The highest BCUT2D eigenvalue weighted by Gasteiger charge is 2.16. The number of fused-ring (bicyclic) bond motifs is 1. The molecule has 0 aliphatic rings. The van der Waals surface area contributed by atoms with E-state index in [4.69, 9.17) is 4.74 Å². The van der Waals surface area contributed by atoms with Crippen LogP contribution in [0.5, 0.6) is 5.75 Å². The number of carbonyl (C=O) groups excluding carboxylic acids is 1. The fourth-order valence-corrected chi connectivity index (χ4v) is 2.06. The van der Waals surface area contributed by atoms with E-state index >= 15 is 0 Å². The Labute approximate surface area is 122 Å². The van der Waals surface area contributed by atoms with Gasteiger partial charge in [-0.25, -0.2) is 4.79 Å². The Morgan fingerprint density at radius 1 is 1.14 bits per heavy atom. The summed E-state index contributed by atoms with van der Waals surface area (Å²) in [5.74, 6) is -0.818. The Balaban J connectivity index is 2.25. The highest BCUT2D eigenvalue weighted by atomic mass is 16.5. The second-order valence-electron chi connectivity index (χ2n) is 4.85. The summed E-state index contributed by atoms with van der Waals surface area (Å²) in [6, 6.07) is 10.7. The van der Waals surface area contributed by atoms with Crippen molar-refractivity contribution in [3.63, 3.8) is 0 Å². The van der Waals surface area contributed by atoms with Gasteiger partial charge in [-0.2, -0.15) is 0 Å². The molecule has 0 fully saturated rings. The van der Waals surface area contributed by atoms with Crippen molar-refractivity contribution >= 4 is 22.6 Å². The maximum Gasteiger partial charge on any atom is 0.340 e. The van der Waals surface area contributed by atoms with E-state index in [1.54, 1.807) is 32.3 Å². The Hall–Kier alpha value is -2.56. The molecule has 0 atom stereocenters. The molecule has 0 aliphatic carbocycles. The predicted octanol–water partition coefficient (Wildman–Crippen LogP) is 2.40. The van der Waals surface area contributed by atoms with E-state index in [0.29, 0.717) is 5.39 Å². The van der Waals surface area contributed by atoms with Crippen molar-refractivity contribution in [1.82, 2.24) is 4.90 Å². The molecule has 5 nitrogen and oxygen atoms in total. The van der Waals surface area contributed by atoms with Crippen molar-refractivity contribution in [3.8, 4) is 5.75 Å². The summed E-state index contributed by atoms with van der Waals surface area (Å²) in [5.41, 5.74) is 0.130. The molecule has 1 N–H and O–H groups in total. The lowest BCUT2D eigenvalue weighted by Crippen LogP contribution is -2.23. The number of hydrogen-bond acceptors (Lipinski definition) is 3. The number of nitrogens with zero attached hydrogens (tertiary/aromatic N) is 1. The molecule has 0 aliphatic heterocycles. The van der Waals surface area contributed by atoms with Gasteiger partial charge in [-0.05, 0) is 16.8 Å². The molecule has 2 rings (SSSR count). The summed E-state index contributed by atoms with van der Waals surface area (Å²) >= 11 is 0. The van der Waals surface area contributed by atoms with Gasteiger partial charge >= 0.3 is 5.97 Å². The standard InChI is InChI=1S/C16H17NO4/c1-17(2)14(18)9-10-21-13-8-7-11-5-3-4-6-12(11)15(13)16(19)20/h3-8H,9-10H2,1-2H3,(H,19,20). The highest BCUT2D eigenvalue weighted by Crippen LogP contribution is 2.28. The van der Waals surface area contributed by atoms with Crippen LogP contribution >= 0.6 is 0 Å². The second kappa shape index (κ2) is 6.26. The summed E-state index contributed by atoms with van der Waals surface area (Å²) in [5, 5.41) is 10.9. The van der Waals surface area contributed by atoms with Crippen molar-refractivity contribution in [2.24, 2.45) is 0 Å². The van der Waals surface area contributed by atoms with Crippen LogP contribution < -0.4 is 4.74 Å². The molecule has 0 saturated carbocycles. The van der Waals surface area contributed by atoms with Crippen molar-refractivity contribution in [2.75, 3.05) is 20.7 Å². The second-order valence-corrected chi connectivity index (χ2v) is 4.85. The smallest absolute Gasteiger partial charge is 0.340 e. The quantitative estimate of drug-likeness (QED) is 0.917. The van der Waals surface area contributed by atoms with Crippen LogP contribution in [0, 0.1) is 0 Å². The number of benzene rings is 2. The lowest BCUT2D eigenvalue weighted by molar-refractivity contribution is -0.129. The van der Waals surface area contributed by atoms with Crippen molar-refractivity contribution < 1.29 is 19.4 Å². The third-order valence-corrected chi connectivity index (χ3v) is 3.18. The first-order valence-electron chi connectivity index (χ1n) is 6.58. The van der Waals surface area contributed by atoms with Gasteiger partial charge in [0, 0.05) is 14.1 Å². The monoisotopic (exact) mass is 287 g/mol. The minimum absolute atomic E-state index is 0.0623. The molecule has 0 saturated heterocycles. The first kappa shape index (κ1) is 14.8. The third-order valence-electron chi connectivity index (χ3n) is 3.18. The van der Waals surface area contributed by atoms with Gasteiger partial charge in [0.25, 0.3) is 0 Å². The van der Waals surface area contributed by atoms with Crippen LogP contribution in [0.3, 0.4) is 0 Å². The zero-order valence-electron chi connectivity index (χ0n) is 12.0. The summed E-state index contributed by atoms with van der Waals surface area (Å²) in [7, 11) is 3.34. The number of carbonyl (C=O) groups is 2. The minimum Gasteiger partial charge on any atom is -0.492 e. The third kappa shape index (κ3) is 3.31. The summed E-state index contributed by atoms with van der Waals surface area (Å²) in [6.45, 7) is 0.148. The Bertz CT molecular complexity index is 679. The predicted molar refractivity (Wildman–Crippen MR) is 79.7 cm³/mol. The number of carboxylic acids is 1. The van der Waals surface area contributed by atoms with Gasteiger partial charge in [0.1, 0.15) is 11.3 Å². The zero-order chi connectivity index (χ0) is 15.4. The van der Waals surface area contributed by atoms with E-state index in [0.717, 1.165) is 5.39 Å². The fraction of sp³-hybridized carbons (Fsp3) is 0.250. The van der Waals surface area contributed by atoms with E-state index in [2.05, 4.69) is 0 Å². The van der Waals surface area contributed by atoms with Gasteiger partial charge in [0.05, 0.1) is 13.0 Å². The summed E-state index contributed by atoms with van der Waals surface area (Å²) in [4.78, 5) is 24.5. The molecule has 5 heteroatoms. The number of hydrogen-bond donors (Lipinski definition) is 1. The number of rotatable bonds is 5. The number of aromatic carboxylic acids is 1. The Kier molecular flexibility index (Phi) is 4.42. The molecule has 0 unspecified atom stereocenters. The molecule has 0 radical (unpaired) electrons. The first-order valence-corrected chi connectivity index (χ1v) is 6.58. The fourth-order valence-electron chi connectivity index (χ4n) is 2.06. The van der Waals surface area contributed by atoms with E-state index in [1.807, 2.05) is 18.2 Å². The first-order chi connectivity index (χ1) is 10.0. The lowest BCUT2D eigenvalue weighted by atomic mass is 10.0. The Morgan fingerprint density at radius 2 is 1.86 bits per heavy atom.